The second-order valence-electron chi connectivity index (χ2n) is 6.42. The van der Waals surface area contributed by atoms with Crippen LogP contribution in [0.3, 0.4) is 0 Å². The molecule has 0 saturated carbocycles. The van der Waals surface area contributed by atoms with E-state index < -0.39 is 0 Å². The van der Waals surface area contributed by atoms with E-state index in [1.54, 1.807) is 0 Å². The van der Waals surface area contributed by atoms with Gasteiger partial charge < -0.3 is 15.0 Å². The van der Waals surface area contributed by atoms with Gasteiger partial charge in [0.15, 0.2) is 0 Å². The quantitative estimate of drug-likeness (QED) is 0.827. The van der Waals surface area contributed by atoms with Crippen LogP contribution in [-0.4, -0.2) is 28.5 Å². The topological polar surface area (TPSA) is 73.2 Å². The molecule has 0 unspecified atom stereocenters. The molecule has 2 aromatic rings. The van der Waals surface area contributed by atoms with E-state index in [0.29, 0.717) is 5.82 Å². The molecule has 0 atom stereocenters. The molecule has 3 rings (SSSR count). The Balaban J connectivity index is 1.91. The van der Waals surface area contributed by atoms with E-state index in [-0.39, 0.29) is 18.3 Å². The Morgan fingerprint density at radius 2 is 1.76 bits per heavy atom. The summed E-state index contributed by atoms with van der Waals surface area (Å²) in [5.41, 5.74) is 7.84. The Hall–Kier alpha value is -1.79. The van der Waals surface area contributed by atoms with Gasteiger partial charge in [-0.3, -0.25) is 5.10 Å². The maximum atomic E-state index is 6.07. The summed E-state index contributed by atoms with van der Waals surface area (Å²) in [6.07, 6.45) is 0. The van der Waals surface area contributed by atoms with Crippen LogP contribution in [-0.2, 0) is 9.31 Å². The summed E-state index contributed by atoms with van der Waals surface area (Å²) in [7, 11) is -0.366. The van der Waals surface area contributed by atoms with E-state index in [4.69, 9.17) is 15.0 Å². The van der Waals surface area contributed by atoms with Gasteiger partial charge >= 0.3 is 7.12 Å². The molecule has 0 bridgehead atoms. The molecular formula is C15H20BN3O2. The second-order valence-corrected chi connectivity index (χ2v) is 6.42. The number of anilines is 1. The normalized spacial score (nSPS) is 19.9. The molecule has 1 saturated heterocycles. The van der Waals surface area contributed by atoms with Crippen molar-refractivity contribution in [3.8, 4) is 11.3 Å². The van der Waals surface area contributed by atoms with E-state index >= 15 is 0 Å². The number of aromatic nitrogens is 2. The van der Waals surface area contributed by atoms with Crippen LogP contribution in [0.2, 0.25) is 0 Å². The van der Waals surface area contributed by atoms with Gasteiger partial charge in [0.05, 0.1) is 16.9 Å². The largest absolute Gasteiger partial charge is 0.494 e. The number of nitrogens with one attached hydrogen (secondary N) is 1. The molecule has 0 aliphatic carbocycles. The van der Waals surface area contributed by atoms with Crippen LogP contribution in [0.5, 0.6) is 0 Å². The van der Waals surface area contributed by atoms with Crippen LogP contribution in [0.4, 0.5) is 5.82 Å². The van der Waals surface area contributed by atoms with Gasteiger partial charge in [-0.2, -0.15) is 5.10 Å². The molecule has 2 heterocycles. The third-order valence-corrected chi connectivity index (χ3v) is 4.32. The minimum Gasteiger partial charge on any atom is -0.399 e. The number of hydrogen-bond donors (Lipinski definition) is 2. The molecule has 6 heteroatoms. The van der Waals surface area contributed by atoms with Gasteiger partial charge in [0, 0.05) is 6.07 Å². The van der Waals surface area contributed by atoms with Crippen LogP contribution >= 0.6 is 0 Å². The van der Waals surface area contributed by atoms with Gasteiger partial charge in [0.25, 0.3) is 0 Å². The Morgan fingerprint density at radius 3 is 2.33 bits per heavy atom. The fraction of sp³-hybridized carbons (Fsp3) is 0.400. The van der Waals surface area contributed by atoms with Crippen LogP contribution in [0.1, 0.15) is 27.7 Å². The predicted octanol–water partition coefficient (Wildman–Crippen LogP) is 1.96. The molecule has 1 aromatic carbocycles. The summed E-state index contributed by atoms with van der Waals surface area (Å²) in [5, 5.41) is 6.87. The van der Waals surface area contributed by atoms with Gasteiger partial charge in [0.1, 0.15) is 5.82 Å². The molecule has 1 aliphatic heterocycles. The Bertz CT molecular complexity index is 650. The molecule has 0 spiro atoms. The zero-order valence-corrected chi connectivity index (χ0v) is 12.8. The number of rotatable bonds is 2. The summed E-state index contributed by atoms with van der Waals surface area (Å²) in [5.74, 6) is 0.478. The van der Waals surface area contributed by atoms with Gasteiger partial charge in [-0.05, 0) is 38.7 Å². The van der Waals surface area contributed by atoms with Crippen LogP contribution in [0, 0.1) is 0 Å². The van der Waals surface area contributed by atoms with E-state index in [9.17, 15) is 0 Å². The molecule has 0 radical (unpaired) electrons. The first kappa shape index (κ1) is 14.2. The van der Waals surface area contributed by atoms with Gasteiger partial charge in [-0.25, -0.2) is 0 Å². The highest BCUT2D eigenvalue weighted by molar-refractivity contribution is 6.62. The first-order valence-corrected chi connectivity index (χ1v) is 7.05. The standard InChI is InChI=1S/C15H20BN3O2/c1-14(2)15(3,4)21-16(20-14)11-7-5-6-10(8-11)12-9-13(17)19-18-12/h5-9H,1-4H3,(H3,17,18,19). The Morgan fingerprint density at radius 1 is 1.10 bits per heavy atom. The van der Waals surface area contributed by atoms with Gasteiger partial charge in [-0.1, -0.05) is 24.3 Å². The van der Waals surface area contributed by atoms with Crippen LogP contribution < -0.4 is 11.2 Å². The van der Waals surface area contributed by atoms with Crippen molar-refractivity contribution >= 4 is 18.4 Å². The second kappa shape index (κ2) is 4.61. The zero-order valence-electron chi connectivity index (χ0n) is 12.8. The SMILES string of the molecule is CC1(C)OB(c2cccc(-c3cc(N)n[nH]3)c2)OC1(C)C. The monoisotopic (exact) mass is 285 g/mol. The Kier molecular flexibility index (Phi) is 3.11. The number of hydrogen-bond acceptors (Lipinski definition) is 4. The van der Waals surface area contributed by atoms with Crippen molar-refractivity contribution in [1.82, 2.24) is 10.2 Å². The summed E-state index contributed by atoms with van der Waals surface area (Å²) in [6.45, 7) is 8.19. The molecule has 1 aliphatic rings. The van der Waals surface area contributed by atoms with Crippen molar-refractivity contribution in [2.75, 3.05) is 5.73 Å². The molecule has 21 heavy (non-hydrogen) atoms. The molecule has 0 amide bonds. The van der Waals surface area contributed by atoms with Gasteiger partial charge in [0.2, 0.25) is 0 Å². The number of aromatic amines is 1. The first-order valence-electron chi connectivity index (χ1n) is 7.05. The number of benzene rings is 1. The fourth-order valence-corrected chi connectivity index (χ4v) is 2.32. The summed E-state index contributed by atoms with van der Waals surface area (Å²) >= 11 is 0. The lowest BCUT2D eigenvalue weighted by molar-refractivity contribution is 0.00578. The van der Waals surface area contributed by atoms with E-state index in [1.165, 1.54) is 0 Å². The average molecular weight is 285 g/mol. The predicted molar refractivity (Wildman–Crippen MR) is 84.2 cm³/mol. The highest BCUT2D eigenvalue weighted by Crippen LogP contribution is 2.36. The lowest BCUT2D eigenvalue weighted by Gasteiger charge is -2.32. The fourth-order valence-electron chi connectivity index (χ4n) is 2.32. The molecule has 110 valence electrons. The maximum absolute atomic E-state index is 6.07. The van der Waals surface area contributed by atoms with E-state index in [0.717, 1.165) is 16.7 Å². The van der Waals surface area contributed by atoms with Crippen molar-refractivity contribution in [3.63, 3.8) is 0 Å². The lowest BCUT2D eigenvalue weighted by atomic mass is 9.78. The van der Waals surface area contributed by atoms with Crippen LogP contribution in [0.15, 0.2) is 30.3 Å². The summed E-state index contributed by atoms with van der Waals surface area (Å²) in [4.78, 5) is 0. The molecular weight excluding hydrogens is 265 g/mol. The number of nitrogens with two attached hydrogens (primary N) is 1. The number of nitrogen functional groups attached to an aromatic ring is 1. The first-order chi connectivity index (χ1) is 9.78. The van der Waals surface area contributed by atoms with Gasteiger partial charge in [-0.15, -0.1) is 0 Å². The molecule has 3 N–H and O–H groups in total. The smallest absolute Gasteiger partial charge is 0.399 e. The van der Waals surface area contributed by atoms with Crippen molar-refractivity contribution in [1.29, 1.82) is 0 Å². The molecule has 1 aromatic heterocycles. The third kappa shape index (κ3) is 2.45. The van der Waals surface area contributed by atoms with E-state index in [2.05, 4.69) is 10.2 Å². The zero-order chi connectivity index (χ0) is 15.3. The van der Waals surface area contributed by atoms with Crippen molar-refractivity contribution < 1.29 is 9.31 Å². The minimum atomic E-state index is -0.366. The highest BCUT2D eigenvalue weighted by Gasteiger charge is 2.51. The Labute approximate surface area is 125 Å². The third-order valence-electron chi connectivity index (χ3n) is 4.32. The van der Waals surface area contributed by atoms with Crippen molar-refractivity contribution in [2.45, 2.75) is 38.9 Å². The number of nitrogens with zero attached hydrogens (tertiary/aromatic N) is 1. The average Bonchev–Trinajstić information content (AvgIpc) is 2.92. The molecule has 1 fully saturated rings. The highest BCUT2D eigenvalue weighted by atomic mass is 16.7. The summed E-state index contributed by atoms with van der Waals surface area (Å²) in [6, 6.07) is 9.83. The molecule has 5 nitrogen and oxygen atoms in total. The summed E-state index contributed by atoms with van der Waals surface area (Å²) < 4.78 is 12.1. The van der Waals surface area contributed by atoms with Crippen LogP contribution in [0.25, 0.3) is 11.3 Å². The van der Waals surface area contributed by atoms with Crippen molar-refractivity contribution in [2.24, 2.45) is 0 Å². The van der Waals surface area contributed by atoms with Crippen molar-refractivity contribution in [3.05, 3.63) is 30.3 Å². The minimum absolute atomic E-state index is 0.341. The number of H-pyrrole nitrogens is 1. The lowest BCUT2D eigenvalue weighted by Crippen LogP contribution is -2.41. The maximum Gasteiger partial charge on any atom is 0.494 e. The van der Waals surface area contributed by atoms with E-state index in [1.807, 2.05) is 58.0 Å².